The fourth-order valence-electron chi connectivity index (χ4n) is 2.63. The van der Waals surface area contributed by atoms with Crippen LogP contribution in [0.1, 0.15) is 37.7 Å². The molecule has 0 unspecified atom stereocenters. The minimum Gasteiger partial charge on any atom is -0.481 e. The maximum absolute atomic E-state index is 12.6. The van der Waals surface area contributed by atoms with E-state index in [0.29, 0.717) is 12.8 Å². The lowest BCUT2D eigenvalue weighted by Gasteiger charge is -2.29. The van der Waals surface area contributed by atoms with E-state index >= 15 is 0 Å². The molecule has 0 atom stereocenters. The normalized spacial score (nSPS) is 17.9. The van der Waals surface area contributed by atoms with Crippen molar-refractivity contribution in [3.05, 3.63) is 23.9 Å². The van der Waals surface area contributed by atoms with Crippen LogP contribution in [-0.4, -0.2) is 21.6 Å². The number of aromatic nitrogens is 1. The molecule has 0 radical (unpaired) electrons. The summed E-state index contributed by atoms with van der Waals surface area (Å²) < 4.78 is 37.9. The lowest BCUT2D eigenvalue weighted by atomic mass is 9.93. The predicted octanol–water partition coefficient (Wildman–Crippen LogP) is 3.30. The topological polar surface area (TPSA) is 62.2 Å². The number of pyridine rings is 1. The Balaban J connectivity index is 2.21. The second-order valence-electron chi connectivity index (χ2n) is 5.11. The summed E-state index contributed by atoms with van der Waals surface area (Å²) in [5, 5.41) is 11.9. The summed E-state index contributed by atoms with van der Waals surface area (Å²) in [4.78, 5) is 14.8. The predicted molar refractivity (Wildman–Crippen MR) is 66.3 cm³/mol. The number of rotatable bonds is 4. The van der Waals surface area contributed by atoms with Gasteiger partial charge in [-0.15, -0.1) is 0 Å². The highest BCUT2D eigenvalue weighted by Gasteiger charge is 2.37. The lowest BCUT2D eigenvalue weighted by Crippen LogP contribution is -2.37. The first-order valence-electron chi connectivity index (χ1n) is 6.34. The second-order valence-corrected chi connectivity index (χ2v) is 5.11. The van der Waals surface area contributed by atoms with Crippen molar-refractivity contribution in [1.29, 1.82) is 0 Å². The quantitative estimate of drug-likeness (QED) is 0.892. The summed E-state index contributed by atoms with van der Waals surface area (Å²) in [7, 11) is 0. The van der Waals surface area contributed by atoms with Crippen LogP contribution in [0.2, 0.25) is 0 Å². The van der Waals surface area contributed by atoms with Crippen LogP contribution in [0.25, 0.3) is 0 Å². The van der Waals surface area contributed by atoms with Gasteiger partial charge in [-0.3, -0.25) is 4.79 Å². The van der Waals surface area contributed by atoms with Gasteiger partial charge in [0.25, 0.3) is 0 Å². The number of anilines is 1. The van der Waals surface area contributed by atoms with Gasteiger partial charge in [0.15, 0.2) is 0 Å². The smallest absolute Gasteiger partial charge is 0.416 e. The van der Waals surface area contributed by atoms with Gasteiger partial charge in [-0.1, -0.05) is 12.8 Å². The van der Waals surface area contributed by atoms with Gasteiger partial charge >= 0.3 is 12.1 Å². The number of carboxylic acid groups (broad SMARTS) is 1. The molecule has 1 aliphatic carbocycles. The highest BCUT2D eigenvalue weighted by atomic mass is 19.4. The first-order chi connectivity index (χ1) is 9.31. The number of hydrogen-bond donors (Lipinski definition) is 2. The molecule has 2 N–H and O–H groups in total. The van der Waals surface area contributed by atoms with Crippen LogP contribution in [0.15, 0.2) is 18.3 Å². The number of halogens is 3. The van der Waals surface area contributed by atoms with E-state index in [0.717, 1.165) is 31.2 Å². The molecule has 0 saturated heterocycles. The third kappa shape index (κ3) is 3.40. The number of nitrogens with one attached hydrogen (secondary N) is 1. The molecule has 1 fully saturated rings. The van der Waals surface area contributed by atoms with E-state index in [1.165, 1.54) is 0 Å². The molecule has 1 aromatic rings. The van der Waals surface area contributed by atoms with E-state index in [-0.39, 0.29) is 12.2 Å². The maximum Gasteiger partial charge on any atom is 0.416 e. The molecule has 0 spiro atoms. The SMILES string of the molecule is O=C(O)CC1(Nc2cc(C(F)(F)F)ccn2)CCCC1. The molecule has 1 saturated carbocycles. The monoisotopic (exact) mass is 288 g/mol. The van der Waals surface area contributed by atoms with Crippen LogP contribution in [0.3, 0.4) is 0 Å². The molecule has 0 aromatic carbocycles. The first-order valence-corrected chi connectivity index (χ1v) is 6.34. The Morgan fingerprint density at radius 1 is 1.40 bits per heavy atom. The Hall–Kier alpha value is -1.79. The van der Waals surface area contributed by atoms with E-state index in [1.807, 2.05) is 0 Å². The Morgan fingerprint density at radius 2 is 2.05 bits per heavy atom. The van der Waals surface area contributed by atoms with Gasteiger partial charge in [-0.25, -0.2) is 4.98 Å². The van der Waals surface area contributed by atoms with Gasteiger partial charge in [0.1, 0.15) is 5.82 Å². The summed E-state index contributed by atoms with van der Waals surface area (Å²) in [6.07, 6.45) is -0.512. The Kier molecular flexibility index (Phi) is 3.87. The summed E-state index contributed by atoms with van der Waals surface area (Å²) in [5.41, 5.74) is -1.48. The van der Waals surface area contributed by atoms with E-state index in [1.54, 1.807) is 0 Å². The van der Waals surface area contributed by atoms with E-state index < -0.39 is 23.2 Å². The maximum atomic E-state index is 12.6. The van der Waals surface area contributed by atoms with Crippen molar-refractivity contribution in [3.63, 3.8) is 0 Å². The van der Waals surface area contributed by atoms with Crippen molar-refractivity contribution >= 4 is 11.8 Å². The van der Waals surface area contributed by atoms with Crippen LogP contribution in [0.4, 0.5) is 19.0 Å². The van der Waals surface area contributed by atoms with E-state index in [2.05, 4.69) is 10.3 Å². The van der Waals surface area contributed by atoms with Gasteiger partial charge < -0.3 is 10.4 Å². The zero-order valence-corrected chi connectivity index (χ0v) is 10.7. The third-order valence-electron chi connectivity index (χ3n) is 3.53. The minimum atomic E-state index is -4.44. The molecule has 1 aliphatic rings. The van der Waals surface area contributed by atoms with Crippen molar-refractivity contribution < 1.29 is 23.1 Å². The average molecular weight is 288 g/mol. The molecule has 1 heterocycles. The fourth-order valence-corrected chi connectivity index (χ4v) is 2.63. The minimum absolute atomic E-state index is 0.0722. The molecule has 0 amide bonds. The molecule has 2 rings (SSSR count). The molecule has 7 heteroatoms. The molecular formula is C13H15F3N2O2. The van der Waals surface area contributed by atoms with E-state index in [9.17, 15) is 18.0 Å². The highest BCUT2D eigenvalue weighted by molar-refractivity contribution is 5.69. The number of hydrogen-bond acceptors (Lipinski definition) is 3. The number of alkyl halides is 3. The number of nitrogens with zero attached hydrogens (tertiary/aromatic N) is 1. The van der Waals surface area contributed by atoms with E-state index in [4.69, 9.17) is 5.11 Å². The van der Waals surface area contributed by atoms with Gasteiger partial charge in [0.2, 0.25) is 0 Å². The lowest BCUT2D eigenvalue weighted by molar-refractivity contribution is -0.139. The summed E-state index contributed by atoms with van der Waals surface area (Å²) >= 11 is 0. The molecule has 20 heavy (non-hydrogen) atoms. The molecule has 4 nitrogen and oxygen atoms in total. The van der Waals surface area contributed by atoms with Crippen LogP contribution in [-0.2, 0) is 11.0 Å². The standard InChI is InChI=1S/C13H15F3N2O2/c14-13(15,16)9-3-6-17-10(7-9)18-12(8-11(19)20)4-1-2-5-12/h3,6-7H,1-2,4-5,8H2,(H,17,18)(H,19,20). The van der Waals surface area contributed by atoms with Crippen molar-refractivity contribution in [3.8, 4) is 0 Å². The van der Waals surface area contributed by atoms with Crippen LogP contribution in [0.5, 0.6) is 0 Å². The Bertz CT molecular complexity index is 497. The summed E-state index contributed by atoms with van der Waals surface area (Å²) in [6, 6.07) is 1.81. The summed E-state index contributed by atoms with van der Waals surface area (Å²) in [6.45, 7) is 0. The Morgan fingerprint density at radius 3 is 2.60 bits per heavy atom. The molecule has 1 aromatic heterocycles. The number of carboxylic acids is 1. The van der Waals surface area contributed by atoms with Crippen LogP contribution >= 0.6 is 0 Å². The third-order valence-corrected chi connectivity index (χ3v) is 3.53. The zero-order chi connectivity index (χ0) is 14.8. The average Bonchev–Trinajstić information content (AvgIpc) is 2.75. The first kappa shape index (κ1) is 14.6. The fraction of sp³-hybridized carbons (Fsp3) is 0.538. The second kappa shape index (κ2) is 5.30. The highest BCUT2D eigenvalue weighted by Crippen LogP contribution is 2.36. The summed E-state index contributed by atoms with van der Waals surface area (Å²) in [5.74, 6) is -0.894. The molecule has 110 valence electrons. The molecule has 0 bridgehead atoms. The van der Waals surface area contributed by atoms with Crippen LogP contribution in [0, 0.1) is 0 Å². The van der Waals surface area contributed by atoms with Gasteiger partial charge in [0, 0.05) is 11.7 Å². The number of carbonyl (C=O) groups is 1. The zero-order valence-electron chi connectivity index (χ0n) is 10.7. The van der Waals surface area contributed by atoms with Crippen molar-refractivity contribution in [2.24, 2.45) is 0 Å². The molecular weight excluding hydrogens is 273 g/mol. The van der Waals surface area contributed by atoms with Crippen molar-refractivity contribution in [2.75, 3.05) is 5.32 Å². The van der Waals surface area contributed by atoms with Crippen LogP contribution < -0.4 is 5.32 Å². The number of aliphatic carboxylic acids is 1. The Labute approximate surface area is 114 Å². The largest absolute Gasteiger partial charge is 0.481 e. The van der Waals surface area contributed by atoms with Crippen molar-refractivity contribution in [1.82, 2.24) is 4.98 Å². The van der Waals surface area contributed by atoms with Crippen molar-refractivity contribution in [2.45, 2.75) is 43.8 Å². The van der Waals surface area contributed by atoms with Gasteiger partial charge in [-0.05, 0) is 25.0 Å². The van der Waals surface area contributed by atoms with Gasteiger partial charge in [0.05, 0.1) is 12.0 Å². The molecule has 0 aliphatic heterocycles. The van der Waals surface area contributed by atoms with Gasteiger partial charge in [-0.2, -0.15) is 13.2 Å².